The van der Waals surface area contributed by atoms with Crippen molar-refractivity contribution in [3.63, 3.8) is 0 Å². The first-order valence-electron chi connectivity index (χ1n) is 7.84. The molecule has 1 unspecified atom stereocenters. The number of nitro benzene ring substituents is 1. The minimum absolute atomic E-state index is 0.0309. The zero-order valence-electron chi connectivity index (χ0n) is 14.4. The van der Waals surface area contributed by atoms with Crippen molar-refractivity contribution in [2.24, 2.45) is 5.16 Å². The van der Waals surface area contributed by atoms with Gasteiger partial charge in [-0.2, -0.15) is 0 Å². The van der Waals surface area contributed by atoms with E-state index in [2.05, 4.69) is 15.2 Å². The van der Waals surface area contributed by atoms with Crippen LogP contribution in [0.3, 0.4) is 0 Å². The Balaban J connectivity index is 1.94. The van der Waals surface area contributed by atoms with E-state index in [1.165, 1.54) is 31.4 Å². The zero-order valence-corrected chi connectivity index (χ0v) is 14.4. The molecule has 0 aliphatic heterocycles. The minimum Gasteiger partial charge on any atom is -0.467 e. The molecule has 0 heterocycles. The molecule has 0 aromatic heterocycles. The molecular formula is C18H17N3O6. The minimum atomic E-state index is -1.13. The summed E-state index contributed by atoms with van der Waals surface area (Å²) < 4.78 is 4.64. The molecule has 1 atom stereocenters. The molecule has 2 aromatic rings. The molecule has 1 N–H and O–H groups in total. The van der Waals surface area contributed by atoms with E-state index in [-0.39, 0.29) is 12.3 Å². The summed E-state index contributed by atoms with van der Waals surface area (Å²) in [5, 5.41) is 16.8. The van der Waals surface area contributed by atoms with Gasteiger partial charge in [-0.05, 0) is 29.8 Å². The second-order valence-electron chi connectivity index (χ2n) is 5.29. The molecule has 2 rings (SSSR count). The number of amides is 1. The van der Waals surface area contributed by atoms with Gasteiger partial charge in [0.2, 0.25) is 0 Å². The Morgan fingerprint density at radius 3 is 2.44 bits per heavy atom. The highest BCUT2D eigenvalue weighted by Crippen LogP contribution is 2.12. The van der Waals surface area contributed by atoms with Crippen molar-refractivity contribution in [3.8, 4) is 0 Å². The van der Waals surface area contributed by atoms with Crippen molar-refractivity contribution in [1.82, 2.24) is 5.32 Å². The summed E-state index contributed by atoms with van der Waals surface area (Å²) in [5.41, 5.74) is 1.00. The first-order chi connectivity index (χ1) is 13.0. The molecular weight excluding hydrogens is 354 g/mol. The molecule has 9 heteroatoms. The molecule has 0 saturated carbocycles. The quantitative estimate of drug-likeness (QED) is 0.328. The average molecular weight is 371 g/mol. The number of nitrogens with one attached hydrogen (secondary N) is 1. The van der Waals surface area contributed by atoms with Gasteiger partial charge >= 0.3 is 5.97 Å². The van der Waals surface area contributed by atoms with Gasteiger partial charge in [0.25, 0.3) is 11.6 Å². The standard InChI is InChI=1S/C18H17N3O6/c1-26-18(23)16(20-17(22)14-5-3-2-4-6-14)11-19-27-12-13-7-9-15(10-8-13)21(24)25/h2-11,16H,12H2,1H3,(H,20,22)/b19-11-. The molecule has 0 aliphatic rings. The van der Waals surface area contributed by atoms with E-state index in [0.717, 1.165) is 6.21 Å². The van der Waals surface area contributed by atoms with Crippen LogP contribution in [0.25, 0.3) is 0 Å². The number of ether oxygens (including phenoxy) is 1. The monoisotopic (exact) mass is 371 g/mol. The van der Waals surface area contributed by atoms with E-state index in [0.29, 0.717) is 11.1 Å². The zero-order chi connectivity index (χ0) is 19.6. The van der Waals surface area contributed by atoms with E-state index in [1.807, 2.05) is 0 Å². The Kier molecular flexibility index (Phi) is 7.00. The number of rotatable bonds is 8. The van der Waals surface area contributed by atoms with Crippen LogP contribution in [0, 0.1) is 10.1 Å². The number of oxime groups is 1. The van der Waals surface area contributed by atoms with Gasteiger partial charge in [0.15, 0.2) is 6.04 Å². The highest BCUT2D eigenvalue weighted by atomic mass is 16.6. The number of benzene rings is 2. The lowest BCUT2D eigenvalue weighted by Gasteiger charge is -2.12. The Labute approximate surface area is 154 Å². The lowest BCUT2D eigenvalue weighted by molar-refractivity contribution is -0.384. The number of carbonyl (C=O) groups is 2. The van der Waals surface area contributed by atoms with E-state index >= 15 is 0 Å². The lowest BCUT2D eigenvalue weighted by Crippen LogP contribution is -2.42. The maximum Gasteiger partial charge on any atom is 0.334 e. The number of methoxy groups -OCH3 is 1. The van der Waals surface area contributed by atoms with Crippen LogP contribution in [0.2, 0.25) is 0 Å². The van der Waals surface area contributed by atoms with Gasteiger partial charge in [0.05, 0.1) is 18.2 Å². The van der Waals surface area contributed by atoms with E-state index < -0.39 is 22.8 Å². The van der Waals surface area contributed by atoms with Crippen molar-refractivity contribution < 1.29 is 24.1 Å². The Hall–Kier alpha value is -3.75. The van der Waals surface area contributed by atoms with Crippen molar-refractivity contribution in [1.29, 1.82) is 0 Å². The summed E-state index contributed by atoms with van der Waals surface area (Å²) in [6.07, 6.45) is 1.11. The maximum atomic E-state index is 12.1. The summed E-state index contributed by atoms with van der Waals surface area (Å²) in [4.78, 5) is 39.1. The Morgan fingerprint density at radius 1 is 1.19 bits per heavy atom. The second-order valence-corrected chi connectivity index (χ2v) is 5.29. The lowest BCUT2D eigenvalue weighted by atomic mass is 10.2. The topological polar surface area (TPSA) is 120 Å². The van der Waals surface area contributed by atoms with Crippen LogP contribution in [-0.4, -0.2) is 36.2 Å². The fraction of sp³-hybridized carbons (Fsp3) is 0.167. The van der Waals surface area contributed by atoms with E-state index in [1.54, 1.807) is 30.3 Å². The fourth-order valence-corrected chi connectivity index (χ4v) is 2.03. The summed E-state index contributed by atoms with van der Waals surface area (Å²) >= 11 is 0. The largest absolute Gasteiger partial charge is 0.467 e. The molecule has 0 bridgehead atoms. The molecule has 0 spiro atoms. The van der Waals surface area contributed by atoms with Gasteiger partial charge in [-0.3, -0.25) is 14.9 Å². The number of carbonyl (C=O) groups excluding carboxylic acids is 2. The van der Waals surface area contributed by atoms with Gasteiger partial charge in [-0.15, -0.1) is 0 Å². The third-order valence-corrected chi connectivity index (χ3v) is 3.44. The maximum absolute atomic E-state index is 12.1. The summed E-state index contributed by atoms with van der Waals surface area (Å²) in [6, 6.07) is 13.0. The predicted octanol–water partition coefficient (Wildman–Crippen LogP) is 2.07. The molecule has 140 valence electrons. The first-order valence-corrected chi connectivity index (χ1v) is 7.84. The van der Waals surface area contributed by atoms with Crippen LogP contribution >= 0.6 is 0 Å². The second kappa shape index (κ2) is 9.66. The van der Waals surface area contributed by atoms with Crippen LogP contribution in [0.5, 0.6) is 0 Å². The van der Waals surface area contributed by atoms with Crippen molar-refractivity contribution >= 4 is 23.8 Å². The number of hydrogen-bond acceptors (Lipinski definition) is 7. The summed E-state index contributed by atoms with van der Waals surface area (Å²) in [5.74, 6) is -1.17. The van der Waals surface area contributed by atoms with E-state index in [4.69, 9.17) is 4.84 Å². The van der Waals surface area contributed by atoms with Crippen LogP contribution < -0.4 is 5.32 Å². The van der Waals surface area contributed by atoms with Crippen LogP contribution in [-0.2, 0) is 21.0 Å². The average Bonchev–Trinajstić information content (AvgIpc) is 2.70. The molecule has 9 nitrogen and oxygen atoms in total. The Bertz CT molecular complexity index is 821. The van der Waals surface area contributed by atoms with Gasteiger partial charge < -0.3 is 14.9 Å². The smallest absolute Gasteiger partial charge is 0.334 e. The van der Waals surface area contributed by atoms with Gasteiger partial charge in [0.1, 0.15) is 6.61 Å². The molecule has 0 fully saturated rings. The van der Waals surface area contributed by atoms with Gasteiger partial charge in [-0.1, -0.05) is 23.4 Å². The van der Waals surface area contributed by atoms with E-state index in [9.17, 15) is 19.7 Å². The van der Waals surface area contributed by atoms with Crippen LogP contribution in [0.4, 0.5) is 5.69 Å². The summed E-state index contributed by atoms with van der Waals surface area (Å²) in [6.45, 7) is 0.0367. The van der Waals surface area contributed by atoms with Crippen LogP contribution in [0.15, 0.2) is 59.8 Å². The molecule has 27 heavy (non-hydrogen) atoms. The first kappa shape index (κ1) is 19.6. The number of nitro groups is 1. The van der Waals surface area contributed by atoms with Crippen LogP contribution in [0.1, 0.15) is 15.9 Å². The number of hydrogen-bond donors (Lipinski definition) is 1. The molecule has 0 radical (unpaired) electrons. The van der Waals surface area contributed by atoms with Gasteiger partial charge in [0, 0.05) is 17.7 Å². The van der Waals surface area contributed by atoms with Crippen molar-refractivity contribution in [3.05, 3.63) is 75.8 Å². The number of nitrogens with zero attached hydrogens (tertiary/aromatic N) is 2. The molecule has 0 saturated heterocycles. The fourth-order valence-electron chi connectivity index (χ4n) is 2.03. The third-order valence-electron chi connectivity index (χ3n) is 3.44. The summed E-state index contributed by atoms with van der Waals surface area (Å²) in [7, 11) is 1.19. The predicted molar refractivity (Wildman–Crippen MR) is 96.1 cm³/mol. The molecule has 1 amide bonds. The Morgan fingerprint density at radius 2 is 1.85 bits per heavy atom. The normalized spacial score (nSPS) is 11.6. The number of esters is 1. The van der Waals surface area contributed by atoms with Crippen molar-refractivity contribution in [2.75, 3.05) is 7.11 Å². The highest BCUT2D eigenvalue weighted by Gasteiger charge is 2.20. The SMILES string of the molecule is COC(=O)C(/C=N\OCc1ccc([N+](=O)[O-])cc1)NC(=O)c1ccccc1. The molecule has 2 aromatic carbocycles. The highest BCUT2D eigenvalue weighted by molar-refractivity contribution is 6.02. The van der Waals surface area contributed by atoms with Crippen molar-refractivity contribution in [2.45, 2.75) is 12.6 Å². The van der Waals surface area contributed by atoms with Gasteiger partial charge in [-0.25, -0.2) is 4.79 Å². The number of non-ortho nitro benzene ring substituents is 1. The molecule has 0 aliphatic carbocycles. The third kappa shape index (κ3) is 5.92.